The molecular weight excluding hydrogens is 317 g/mol. The van der Waals surface area contributed by atoms with Gasteiger partial charge in [0.05, 0.1) is 42.5 Å². The van der Waals surface area contributed by atoms with Crippen molar-refractivity contribution in [2.24, 2.45) is 0 Å². The maximum Gasteiger partial charge on any atom is 0.233 e. The summed E-state index contributed by atoms with van der Waals surface area (Å²) in [5, 5.41) is 0. The van der Waals surface area contributed by atoms with E-state index in [0.717, 1.165) is 12.1 Å². The predicted molar refractivity (Wildman–Crippen MR) is 72.1 cm³/mol. The van der Waals surface area contributed by atoms with Crippen molar-refractivity contribution >= 4 is 28.8 Å². The monoisotopic (exact) mass is 333 g/mol. The smallest absolute Gasteiger partial charge is 0.233 e. The first kappa shape index (κ1) is 13.4. The van der Waals surface area contributed by atoms with Gasteiger partial charge in [-0.2, -0.15) is 0 Å². The molecule has 0 aliphatic carbocycles. The standard InChI is InChI=1S/C12H16INO2/c1-2-14(13)12(15)8-9-16-10-11-6-4-3-5-7-11/h3-7H,2,8-10H2,1H3. The highest BCUT2D eigenvalue weighted by Gasteiger charge is 2.07. The van der Waals surface area contributed by atoms with Crippen molar-refractivity contribution < 1.29 is 9.53 Å². The fourth-order valence-electron chi connectivity index (χ4n) is 1.22. The first-order valence-electron chi connectivity index (χ1n) is 5.32. The highest BCUT2D eigenvalue weighted by Crippen LogP contribution is 2.04. The zero-order valence-corrected chi connectivity index (χ0v) is 11.5. The number of hydrogen-bond donors (Lipinski definition) is 0. The van der Waals surface area contributed by atoms with E-state index in [2.05, 4.69) is 0 Å². The first-order valence-corrected chi connectivity index (χ1v) is 6.28. The molecule has 0 N–H and O–H groups in total. The summed E-state index contributed by atoms with van der Waals surface area (Å²) in [5.41, 5.74) is 1.14. The molecule has 0 saturated heterocycles. The van der Waals surface area contributed by atoms with Crippen molar-refractivity contribution in [1.29, 1.82) is 0 Å². The molecule has 0 fully saturated rings. The van der Waals surface area contributed by atoms with Crippen molar-refractivity contribution in [3.63, 3.8) is 0 Å². The van der Waals surface area contributed by atoms with Crippen molar-refractivity contribution in [3.05, 3.63) is 35.9 Å². The Morgan fingerprint density at radius 2 is 2.06 bits per heavy atom. The van der Waals surface area contributed by atoms with E-state index in [0.29, 0.717) is 19.6 Å². The Kier molecular flexibility index (Phi) is 6.40. The van der Waals surface area contributed by atoms with Crippen LogP contribution >= 0.6 is 22.9 Å². The average molecular weight is 333 g/mol. The zero-order valence-electron chi connectivity index (χ0n) is 9.36. The van der Waals surface area contributed by atoms with Gasteiger partial charge in [0.15, 0.2) is 0 Å². The molecule has 16 heavy (non-hydrogen) atoms. The Bertz CT molecular complexity index is 316. The number of nitrogens with zero attached hydrogens (tertiary/aromatic N) is 1. The van der Waals surface area contributed by atoms with Gasteiger partial charge in [-0.15, -0.1) is 0 Å². The molecule has 1 rings (SSSR count). The Balaban J connectivity index is 2.15. The highest BCUT2D eigenvalue weighted by molar-refractivity contribution is 14.1. The summed E-state index contributed by atoms with van der Waals surface area (Å²) in [7, 11) is 0. The van der Waals surface area contributed by atoms with Crippen LogP contribution in [0.3, 0.4) is 0 Å². The lowest BCUT2D eigenvalue weighted by molar-refractivity contribution is -0.126. The molecule has 88 valence electrons. The van der Waals surface area contributed by atoms with E-state index in [9.17, 15) is 4.79 Å². The maximum absolute atomic E-state index is 11.4. The molecule has 0 bridgehead atoms. The van der Waals surface area contributed by atoms with E-state index in [1.54, 1.807) is 3.11 Å². The minimum absolute atomic E-state index is 0.121. The normalized spacial score (nSPS) is 10.1. The van der Waals surface area contributed by atoms with Crippen molar-refractivity contribution in [3.8, 4) is 0 Å². The SMILES string of the molecule is CCN(I)C(=O)CCOCc1ccccc1. The zero-order chi connectivity index (χ0) is 11.8. The maximum atomic E-state index is 11.4. The van der Waals surface area contributed by atoms with Crippen molar-refractivity contribution in [1.82, 2.24) is 3.11 Å². The number of carbonyl (C=O) groups excluding carboxylic acids is 1. The predicted octanol–water partition coefficient (Wildman–Crippen LogP) is 2.79. The third kappa shape index (κ3) is 4.94. The fourth-order valence-corrected chi connectivity index (χ4v) is 1.46. The van der Waals surface area contributed by atoms with E-state index >= 15 is 0 Å². The average Bonchev–Trinajstić information content (AvgIpc) is 2.34. The number of amides is 1. The molecule has 0 spiro atoms. The minimum Gasteiger partial charge on any atom is -0.376 e. The molecule has 3 nitrogen and oxygen atoms in total. The van der Waals surface area contributed by atoms with E-state index < -0.39 is 0 Å². The van der Waals surface area contributed by atoms with Crippen LogP contribution in [0.5, 0.6) is 0 Å². The molecular formula is C12H16INO2. The Morgan fingerprint density at radius 1 is 1.38 bits per heavy atom. The lowest BCUT2D eigenvalue weighted by Crippen LogP contribution is -2.21. The second-order valence-electron chi connectivity index (χ2n) is 3.36. The molecule has 0 unspecified atom stereocenters. The van der Waals surface area contributed by atoms with E-state index in [4.69, 9.17) is 4.74 Å². The summed E-state index contributed by atoms with van der Waals surface area (Å²) in [6.45, 7) is 3.74. The van der Waals surface area contributed by atoms with Crippen LogP contribution in [0.1, 0.15) is 18.9 Å². The van der Waals surface area contributed by atoms with Gasteiger partial charge >= 0.3 is 0 Å². The third-order valence-electron chi connectivity index (χ3n) is 2.12. The molecule has 1 amide bonds. The van der Waals surface area contributed by atoms with Gasteiger partial charge in [0.25, 0.3) is 0 Å². The lowest BCUT2D eigenvalue weighted by atomic mass is 10.2. The number of benzene rings is 1. The largest absolute Gasteiger partial charge is 0.376 e. The van der Waals surface area contributed by atoms with Gasteiger partial charge in [0, 0.05) is 6.54 Å². The van der Waals surface area contributed by atoms with Gasteiger partial charge in [0.2, 0.25) is 5.91 Å². The molecule has 0 aliphatic heterocycles. The molecule has 0 atom stereocenters. The van der Waals surface area contributed by atoms with E-state index in [1.807, 2.05) is 60.1 Å². The molecule has 1 aromatic carbocycles. The van der Waals surface area contributed by atoms with Crippen LogP contribution in [-0.4, -0.2) is 22.2 Å². The summed E-state index contributed by atoms with van der Waals surface area (Å²) in [6, 6.07) is 9.96. The van der Waals surface area contributed by atoms with Gasteiger partial charge in [-0.3, -0.25) is 7.91 Å². The topological polar surface area (TPSA) is 29.5 Å². The summed E-state index contributed by atoms with van der Waals surface area (Å²) in [4.78, 5) is 11.4. The number of rotatable bonds is 6. The molecule has 0 heterocycles. The highest BCUT2D eigenvalue weighted by atomic mass is 127. The molecule has 0 saturated carbocycles. The third-order valence-corrected chi connectivity index (χ3v) is 3.34. The van der Waals surface area contributed by atoms with Crippen LogP contribution in [0.25, 0.3) is 0 Å². The summed E-state index contributed by atoms with van der Waals surface area (Å²) in [5.74, 6) is 0.121. The van der Waals surface area contributed by atoms with Crippen LogP contribution in [0, 0.1) is 0 Å². The summed E-state index contributed by atoms with van der Waals surface area (Å²) < 4.78 is 7.10. The number of hydrogen-bond acceptors (Lipinski definition) is 2. The van der Waals surface area contributed by atoms with Gasteiger partial charge in [-0.05, 0) is 12.5 Å². The van der Waals surface area contributed by atoms with E-state index in [1.165, 1.54) is 0 Å². The number of halogens is 1. The molecule has 4 heteroatoms. The van der Waals surface area contributed by atoms with Crippen molar-refractivity contribution in [2.75, 3.05) is 13.2 Å². The first-order chi connectivity index (χ1) is 7.74. The Morgan fingerprint density at radius 3 is 2.69 bits per heavy atom. The Hall–Kier alpha value is -0.620. The van der Waals surface area contributed by atoms with Gasteiger partial charge < -0.3 is 4.74 Å². The van der Waals surface area contributed by atoms with E-state index in [-0.39, 0.29) is 5.91 Å². The quantitative estimate of drug-likeness (QED) is 0.455. The van der Waals surface area contributed by atoms with Gasteiger partial charge in [0.1, 0.15) is 0 Å². The molecule has 1 aromatic rings. The van der Waals surface area contributed by atoms with Crippen LogP contribution in [0.15, 0.2) is 30.3 Å². The van der Waals surface area contributed by atoms with Crippen LogP contribution in [0.4, 0.5) is 0 Å². The molecule has 0 aliphatic rings. The molecule has 0 radical (unpaired) electrons. The van der Waals surface area contributed by atoms with Gasteiger partial charge in [-0.1, -0.05) is 30.3 Å². The van der Waals surface area contributed by atoms with Crippen LogP contribution in [-0.2, 0) is 16.1 Å². The lowest BCUT2D eigenvalue weighted by Gasteiger charge is -2.11. The van der Waals surface area contributed by atoms with Gasteiger partial charge in [-0.25, -0.2) is 0 Å². The molecule has 0 aromatic heterocycles. The summed E-state index contributed by atoms with van der Waals surface area (Å²) >= 11 is 2.02. The number of ether oxygens (including phenoxy) is 1. The van der Waals surface area contributed by atoms with Crippen LogP contribution < -0.4 is 0 Å². The fraction of sp³-hybridized carbons (Fsp3) is 0.417. The second kappa shape index (κ2) is 7.62. The minimum atomic E-state index is 0.121. The van der Waals surface area contributed by atoms with Crippen LogP contribution in [0.2, 0.25) is 0 Å². The summed E-state index contributed by atoms with van der Waals surface area (Å²) in [6.07, 6.45) is 0.448. The second-order valence-corrected chi connectivity index (χ2v) is 4.52. The number of carbonyl (C=O) groups is 1. The van der Waals surface area contributed by atoms with Crippen molar-refractivity contribution in [2.45, 2.75) is 20.0 Å². The Labute approximate surface area is 110 Å².